The van der Waals surface area contributed by atoms with Gasteiger partial charge in [0.15, 0.2) is 11.6 Å². The summed E-state index contributed by atoms with van der Waals surface area (Å²) in [5.41, 5.74) is 1.44. The minimum Gasteiger partial charge on any atom is -0.508 e. The molecular formula is C21H28O4. The highest BCUT2D eigenvalue weighted by Gasteiger charge is 2.24. The lowest BCUT2D eigenvalue weighted by Gasteiger charge is -2.18. The minimum absolute atomic E-state index is 0.0610. The van der Waals surface area contributed by atoms with Gasteiger partial charge in [-0.05, 0) is 30.7 Å². The highest BCUT2D eigenvalue weighted by Crippen LogP contribution is 2.25. The summed E-state index contributed by atoms with van der Waals surface area (Å²) in [7, 11) is 0. The lowest BCUT2D eigenvalue weighted by molar-refractivity contribution is 0.0851. The van der Waals surface area contributed by atoms with Crippen LogP contribution >= 0.6 is 0 Å². The van der Waals surface area contributed by atoms with E-state index in [1.807, 2.05) is 48.5 Å². The van der Waals surface area contributed by atoms with E-state index in [0.717, 1.165) is 5.56 Å². The van der Waals surface area contributed by atoms with Gasteiger partial charge in [-0.1, -0.05) is 47.6 Å². The van der Waals surface area contributed by atoms with Gasteiger partial charge in [0.05, 0.1) is 11.8 Å². The largest absolute Gasteiger partial charge is 0.508 e. The number of furan rings is 1. The number of phenolic OH excluding ortho intramolecular Hbond substituents is 1. The third kappa shape index (κ3) is 5.89. The maximum Gasteiger partial charge on any atom is 0.171 e. The zero-order valence-electron chi connectivity index (χ0n) is 16.1. The van der Waals surface area contributed by atoms with Crippen molar-refractivity contribution in [2.75, 3.05) is 0 Å². The number of benzene rings is 1. The van der Waals surface area contributed by atoms with Crippen LogP contribution in [0.3, 0.4) is 0 Å². The number of aryl methyl sites for hydroxylation is 1. The minimum atomic E-state index is -0.404. The molecule has 4 nitrogen and oxygen atoms in total. The molecule has 0 spiro atoms. The number of rotatable bonds is 2. The molecule has 136 valence electrons. The summed E-state index contributed by atoms with van der Waals surface area (Å²) in [6.07, 6.45) is 2.99. The van der Waals surface area contributed by atoms with Crippen LogP contribution in [0.15, 0.2) is 41.2 Å². The van der Waals surface area contributed by atoms with Crippen LogP contribution in [0, 0.1) is 17.8 Å². The molecule has 0 atom stereocenters. The fourth-order valence-corrected chi connectivity index (χ4v) is 2.09. The molecule has 1 heterocycles. The van der Waals surface area contributed by atoms with Gasteiger partial charge in [-0.25, -0.2) is 0 Å². The van der Waals surface area contributed by atoms with Gasteiger partial charge in [0.2, 0.25) is 0 Å². The van der Waals surface area contributed by atoms with Gasteiger partial charge in [-0.15, -0.1) is 0 Å². The van der Waals surface area contributed by atoms with Crippen molar-refractivity contribution in [3.05, 3.63) is 53.5 Å². The SMILES string of the molecule is CC(C)(C)C(=O)c1ccoc1.Cc1ccc(O)cc1C(=O)C(C)(C)C. The summed E-state index contributed by atoms with van der Waals surface area (Å²) >= 11 is 0. The maximum atomic E-state index is 11.9. The Labute approximate surface area is 149 Å². The van der Waals surface area contributed by atoms with E-state index >= 15 is 0 Å². The Balaban J connectivity index is 0.000000257. The maximum absolute atomic E-state index is 11.9. The molecule has 1 N–H and O–H groups in total. The quantitative estimate of drug-likeness (QED) is 0.737. The number of hydrogen-bond donors (Lipinski definition) is 1. The van der Waals surface area contributed by atoms with Crippen LogP contribution in [0.2, 0.25) is 0 Å². The van der Waals surface area contributed by atoms with Crippen molar-refractivity contribution in [2.45, 2.75) is 48.5 Å². The molecule has 0 radical (unpaired) electrons. The van der Waals surface area contributed by atoms with Crippen LogP contribution in [0.5, 0.6) is 5.75 Å². The van der Waals surface area contributed by atoms with Crippen LogP contribution in [-0.2, 0) is 0 Å². The van der Waals surface area contributed by atoms with Crippen molar-refractivity contribution in [3.63, 3.8) is 0 Å². The lowest BCUT2D eigenvalue weighted by Crippen LogP contribution is -2.20. The number of phenols is 1. The average molecular weight is 344 g/mol. The number of carbonyl (C=O) groups is 2. The molecular weight excluding hydrogens is 316 g/mol. The first-order valence-corrected chi connectivity index (χ1v) is 8.25. The molecule has 0 aliphatic heterocycles. The first-order valence-electron chi connectivity index (χ1n) is 8.25. The van der Waals surface area contributed by atoms with Crippen LogP contribution in [0.4, 0.5) is 0 Å². The normalized spacial score (nSPS) is 11.5. The first kappa shape index (κ1) is 20.7. The van der Waals surface area contributed by atoms with Crippen molar-refractivity contribution in [3.8, 4) is 5.75 Å². The van der Waals surface area contributed by atoms with Gasteiger partial charge < -0.3 is 9.52 Å². The fourth-order valence-electron chi connectivity index (χ4n) is 2.09. The first-order chi connectivity index (χ1) is 11.3. The lowest BCUT2D eigenvalue weighted by atomic mass is 9.85. The van der Waals surface area contributed by atoms with Gasteiger partial charge in [-0.3, -0.25) is 9.59 Å². The number of carbonyl (C=O) groups excluding carboxylic acids is 2. The number of aromatic hydroxyl groups is 1. The molecule has 0 saturated carbocycles. The summed E-state index contributed by atoms with van der Waals surface area (Å²) in [5, 5.41) is 9.30. The smallest absolute Gasteiger partial charge is 0.171 e. The second kappa shape index (κ2) is 7.68. The molecule has 1 aromatic heterocycles. The van der Waals surface area contributed by atoms with E-state index in [2.05, 4.69) is 0 Å². The van der Waals surface area contributed by atoms with E-state index < -0.39 is 5.41 Å². The molecule has 0 aliphatic rings. The standard InChI is InChI=1S/C12H16O2.C9H12O2/c1-8-5-6-9(13)7-10(8)11(14)12(2,3)4;1-9(2,3)8(10)7-4-5-11-6-7/h5-7,13H,1-4H3;4-6H,1-3H3. The second-order valence-electron chi connectivity index (χ2n) is 8.17. The zero-order valence-corrected chi connectivity index (χ0v) is 16.1. The van der Waals surface area contributed by atoms with E-state index in [-0.39, 0.29) is 22.7 Å². The van der Waals surface area contributed by atoms with Crippen molar-refractivity contribution in [1.82, 2.24) is 0 Å². The fraction of sp³-hybridized carbons (Fsp3) is 0.429. The highest BCUT2D eigenvalue weighted by molar-refractivity contribution is 6.01. The Kier molecular flexibility index (Phi) is 6.36. The van der Waals surface area contributed by atoms with Gasteiger partial charge in [0.25, 0.3) is 0 Å². The average Bonchev–Trinajstić information content (AvgIpc) is 3.01. The van der Waals surface area contributed by atoms with E-state index in [1.165, 1.54) is 18.6 Å². The van der Waals surface area contributed by atoms with E-state index in [0.29, 0.717) is 11.1 Å². The zero-order chi connectivity index (χ0) is 19.4. The van der Waals surface area contributed by atoms with Crippen LogP contribution in [-0.4, -0.2) is 16.7 Å². The Morgan fingerprint density at radius 1 is 0.920 bits per heavy atom. The molecule has 25 heavy (non-hydrogen) atoms. The second-order valence-corrected chi connectivity index (χ2v) is 8.17. The molecule has 0 fully saturated rings. The predicted molar refractivity (Wildman–Crippen MR) is 99.1 cm³/mol. The monoisotopic (exact) mass is 344 g/mol. The molecule has 1 aromatic carbocycles. The van der Waals surface area contributed by atoms with Crippen LogP contribution < -0.4 is 0 Å². The van der Waals surface area contributed by atoms with E-state index in [4.69, 9.17) is 4.42 Å². The number of hydrogen-bond acceptors (Lipinski definition) is 4. The molecule has 0 amide bonds. The topological polar surface area (TPSA) is 67.5 Å². The van der Waals surface area contributed by atoms with Crippen LogP contribution in [0.1, 0.15) is 67.8 Å². The number of ketones is 2. The molecule has 2 rings (SSSR count). The van der Waals surface area contributed by atoms with Crippen molar-refractivity contribution in [2.24, 2.45) is 10.8 Å². The third-order valence-electron chi connectivity index (χ3n) is 3.61. The van der Waals surface area contributed by atoms with Crippen LogP contribution in [0.25, 0.3) is 0 Å². The van der Waals surface area contributed by atoms with Crippen molar-refractivity contribution >= 4 is 11.6 Å². The summed E-state index contributed by atoms with van der Waals surface area (Å²) < 4.78 is 4.81. The van der Waals surface area contributed by atoms with Gasteiger partial charge in [-0.2, -0.15) is 0 Å². The van der Waals surface area contributed by atoms with Gasteiger partial charge in [0, 0.05) is 16.4 Å². The highest BCUT2D eigenvalue weighted by atomic mass is 16.3. The van der Waals surface area contributed by atoms with Gasteiger partial charge >= 0.3 is 0 Å². The van der Waals surface area contributed by atoms with Crippen molar-refractivity contribution < 1.29 is 19.1 Å². The number of Topliss-reactive ketones (excluding diaryl/α,β-unsaturated/α-hetero) is 2. The van der Waals surface area contributed by atoms with Gasteiger partial charge in [0.1, 0.15) is 12.0 Å². The summed E-state index contributed by atoms with van der Waals surface area (Å²) in [6.45, 7) is 13.2. The Hall–Kier alpha value is -2.36. The molecule has 0 bridgehead atoms. The Morgan fingerprint density at radius 2 is 1.48 bits per heavy atom. The van der Waals surface area contributed by atoms with E-state index in [1.54, 1.807) is 18.2 Å². The summed E-state index contributed by atoms with van der Waals surface area (Å²) in [5.74, 6) is 0.320. The summed E-state index contributed by atoms with van der Waals surface area (Å²) in [6, 6.07) is 6.57. The summed E-state index contributed by atoms with van der Waals surface area (Å²) in [4.78, 5) is 23.4. The Bertz CT molecular complexity index is 726. The van der Waals surface area contributed by atoms with E-state index in [9.17, 15) is 14.7 Å². The molecule has 0 saturated heterocycles. The van der Waals surface area contributed by atoms with Crippen molar-refractivity contribution in [1.29, 1.82) is 0 Å². The molecule has 4 heteroatoms. The molecule has 0 aliphatic carbocycles. The predicted octanol–water partition coefficient (Wildman–Crippen LogP) is 5.44. The Morgan fingerprint density at radius 3 is 1.92 bits per heavy atom. The molecule has 0 unspecified atom stereocenters. The molecule has 2 aromatic rings. The third-order valence-corrected chi connectivity index (χ3v) is 3.61.